The van der Waals surface area contributed by atoms with Gasteiger partial charge in [0.05, 0.1) is 0 Å². The van der Waals surface area contributed by atoms with Crippen LogP contribution in [0.2, 0.25) is 0 Å². The number of anilines is 1. The first kappa shape index (κ1) is 11.4. The molecule has 0 saturated carbocycles. The molecule has 1 heterocycles. The van der Waals surface area contributed by atoms with E-state index in [-0.39, 0.29) is 18.0 Å². The molecular weight excluding hydrogens is 192 g/mol. The molecule has 0 aliphatic heterocycles. The predicted molar refractivity (Wildman–Crippen MR) is 58.4 cm³/mol. The summed E-state index contributed by atoms with van der Waals surface area (Å²) in [6.07, 6.45) is 3.07. The van der Waals surface area contributed by atoms with E-state index in [0.29, 0.717) is 5.82 Å². The molecule has 2 N–H and O–H groups in total. The van der Waals surface area contributed by atoms with Crippen molar-refractivity contribution < 1.29 is 4.79 Å². The Bertz CT molecular complexity index is 312. The zero-order valence-electron chi connectivity index (χ0n) is 9.19. The first-order valence-corrected chi connectivity index (χ1v) is 4.92. The van der Waals surface area contributed by atoms with Crippen LogP contribution in [0, 0.1) is 0 Å². The number of aromatic nitrogens is 2. The van der Waals surface area contributed by atoms with Gasteiger partial charge in [0.2, 0.25) is 5.91 Å². The molecule has 0 saturated heterocycles. The maximum atomic E-state index is 11.5. The summed E-state index contributed by atoms with van der Waals surface area (Å²) in [7, 11) is 0. The van der Waals surface area contributed by atoms with Gasteiger partial charge in [0.15, 0.2) is 0 Å². The fourth-order valence-electron chi connectivity index (χ4n) is 1.07. The molecule has 1 atom stereocenters. The maximum absolute atomic E-state index is 11.5. The van der Waals surface area contributed by atoms with Crippen molar-refractivity contribution in [2.75, 3.05) is 5.32 Å². The van der Waals surface area contributed by atoms with Crippen molar-refractivity contribution in [3.05, 3.63) is 18.6 Å². The number of rotatable bonds is 4. The molecule has 1 amide bonds. The molecule has 0 bridgehead atoms. The van der Waals surface area contributed by atoms with Gasteiger partial charge in [-0.15, -0.1) is 0 Å². The van der Waals surface area contributed by atoms with Gasteiger partial charge in [-0.1, -0.05) is 0 Å². The lowest BCUT2D eigenvalue weighted by molar-refractivity contribution is -0.122. The second-order valence-corrected chi connectivity index (χ2v) is 3.62. The molecule has 0 aliphatic carbocycles. The summed E-state index contributed by atoms with van der Waals surface area (Å²) in [6.45, 7) is 5.64. The highest BCUT2D eigenvalue weighted by Crippen LogP contribution is 2.01. The first-order chi connectivity index (χ1) is 7.09. The molecule has 5 heteroatoms. The number of hydrogen-bond donors (Lipinski definition) is 2. The van der Waals surface area contributed by atoms with Crippen molar-refractivity contribution in [3.8, 4) is 0 Å². The standard InChI is InChI=1S/C10H16N4O/c1-7(2)13-10(15)8(3)14-9-4-5-11-6-12-9/h4-8H,1-3H3,(H,13,15)(H,11,12,14). The SMILES string of the molecule is CC(C)NC(=O)C(C)Nc1ccncn1. The number of carbonyl (C=O) groups excluding carboxylic acids is 1. The summed E-state index contributed by atoms with van der Waals surface area (Å²) in [6, 6.07) is 1.56. The van der Waals surface area contributed by atoms with Gasteiger partial charge in [-0.25, -0.2) is 9.97 Å². The summed E-state index contributed by atoms with van der Waals surface area (Å²) >= 11 is 0. The van der Waals surface area contributed by atoms with Crippen LogP contribution in [0.25, 0.3) is 0 Å². The van der Waals surface area contributed by atoms with Gasteiger partial charge in [-0.2, -0.15) is 0 Å². The van der Waals surface area contributed by atoms with Gasteiger partial charge < -0.3 is 10.6 Å². The van der Waals surface area contributed by atoms with Crippen LogP contribution in [0.3, 0.4) is 0 Å². The van der Waals surface area contributed by atoms with E-state index < -0.39 is 0 Å². The van der Waals surface area contributed by atoms with E-state index in [4.69, 9.17) is 0 Å². The largest absolute Gasteiger partial charge is 0.359 e. The van der Waals surface area contributed by atoms with Crippen LogP contribution in [0.4, 0.5) is 5.82 Å². The molecule has 15 heavy (non-hydrogen) atoms. The van der Waals surface area contributed by atoms with Crippen LogP contribution in [0.15, 0.2) is 18.6 Å². The lowest BCUT2D eigenvalue weighted by atomic mass is 10.3. The van der Waals surface area contributed by atoms with E-state index in [1.165, 1.54) is 6.33 Å². The number of carbonyl (C=O) groups is 1. The Labute approximate surface area is 89.3 Å². The van der Waals surface area contributed by atoms with Gasteiger partial charge in [-0.05, 0) is 26.8 Å². The van der Waals surface area contributed by atoms with Crippen LogP contribution in [-0.2, 0) is 4.79 Å². The van der Waals surface area contributed by atoms with Crippen molar-refractivity contribution >= 4 is 11.7 Å². The fourth-order valence-corrected chi connectivity index (χ4v) is 1.07. The molecule has 0 spiro atoms. The molecule has 1 aromatic heterocycles. The third-order valence-corrected chi connectivity index (χ3v) is 1.77. The summed E-state index contributed by atoms with van der Waals surface area (Å²) in [5.74, 6) is 0.611. The van der Waals surface area contributed by atoms with E-state index in [1.807, 2.05) is 13.8 Å². The molecule has 1 unspecified atom stereocenters. The number of nitrogens with one attached hydrogen (secondary N) is 2. The maximum Gasteiger partial charge on any atom is 0.242 e. The molecule has 82 valence electrons. The van der Waals surface area contributed by atoms with Crippen LogP contribution < -0.4 is 10.6 Å². The van der Waals surface area contributed by atoms with Crippen LogP contribution in [-0.4, -0.2) is 28.0 Å². The van der Waals surface area contributed by atoms with Gasteiger partial charge in [-0.3, -0.25) is 4.79 Å². The Kier molecular flexibility index (Phi) is 4.03. The van der Waals surface area contributed by atoms with E-state index in [1.54, 1.807) is 19.2 Å². The summed E-state index contributed by atoms with van der Waals surface area (Å²) in [4.78, 5) is 19.3. The second kappa shape index (κ2) is 5.29. The van der Waals surface area contributed by atoms with E-state index in [0.717, 1.165) is 0 Å². The Balaban J connectivity index is 2.49. The normalized spacial score (nSPS) is 12.3. The molecular formula is C10H16N4O. The Morgan fingerprint density at radius 2 is 2.13 bits per heavy atom. The smallest absolute Gasteiger partial charge is 0.242 e. The van der Waals surface area contributed by atoms with Crippen molar-refractivity contribution in [3.63, 3.8) is 0 Å². The highest BCUT2D eigenvalue weighted by Gasteiger charge is 2.13. The summed E-state index contributed by atoms with van der Waals surface area (Å²) in [5, 5.41) is 5.80. The minimum Gasteiger partial charge on any atom is -0.359 e. The zero-order valence-corrected chi connectivity index (χ0v) is 9.19. The number of nitrogens with zero attached hydrogens (tertiary/aromatic N) is 2. The molecule has 5 nitrogen and oxygen atoms in total. The quantitative estimate of drug-likeness (QED) is 0.768. The molecule has 1 rings (SSSR count). The zero-order chi connectivity index (χ0) is 11.3. The van der Waals surface area contributed by atoms with E-state index in [9.17, 15) is 4.79 Å². The molecule has 0 aromatic carbocycles. The van der Waals surface area contributed by atoms with Crippen LogP contribution in [0.1, 0.15) is 20.8 Å². The van der Waals surface area contributed by atoms with E-state index >= 15 is 0 Å². The minimum absolute atomic E-state index is 0.0383. The average molecular weight is 208 g/mol. The minimum atomic E-state index is -0.303. The Hall–Kier alpha value is -1.65. The monoisotopic (exact) mass is 208 g/mol. The summed E-state index contributed by atoms with van der Waals surface area (Å²) in [5.41, 5.74) is 0. The highest BCUT2D eigenvalue weighted by atomic mass is 16.2. The molecule has 0 radical (unpaired) electrons. The Morgan fingerprint density at radius 1 is 1.40 bits per heavy atom. The molecule has 0 aliphatic rings. The van der Waals surface area contributed by atoms with Crippen LogP contribution in [0.5, 0.6) is 0 Å². The third kappa shape index (κ3) is 3.93. The lowest BCUT2D eigenvalue weighted by Crippen LogP contribution is -2.41. The van der Waals surface area contributed by atoms with Gasteiger partial charge in [0.1, 0.15) is 18.2 Å². The lowest BCUT2D eigenvalue weighted by Gasteiger charge is -2.16. The van der Waals surface area contributed by atoms with Crippen molar-refractivity contribution in [2.45, 2.75) is 32.9 Å². The first-order valence-electron chi connectivity index (χ1n) is 4.92. The van der Waals surface area contributed by atoms with E-state index in [2.05, 4.69) is 20.6 Å². The molecule has 1 aromatic rings. The van der Waals surface area contributed by atoms with Gasteiger partial charge in [0.25, 0.3) is 0 Å². The summed E-state index contributed by atoms with van der Waals surface area (Å²) < 4.78 is 0. The highest BCUT2D eigenvalue weighted by molar-refractivity contribution is 5.84. The topological polar surface area (TPSA) is 66.9 Å². The second-order valence-electron chi connectivity index (χ2n) is 3.62. The fraction of sp³-hybridized carbons (Fsp3) is 0.500. The van der Waals surface area contributed by atoms with Crippen molar-refractivity contribution in [1.29, 1.82) is 0 Å². The average Bonchev–Trinajstić information content (AvgIpc) is 2.18. The van der Waals surface area contributed by atoms with Gasteiger partial charge >= 0.3 is 0 Å². The Morgan fingerprint density at radius 3 is 2.67 bits per heavy atom. The van der Waals surface area contributed by atoms with Crippen LogP contribution >= 0.6 is 0 Å². The van der Waals surface area contributed by atoms with Gasteiger partial charge in [0, 0.05) is 12.2 Å². The number of hydrogen-bond acceptors (Lipinski definition) is 4. The number of amides is 1. The predicted octanol–water partition coefficient (Wildman–Crippen LogP) is 0.802. The molecule has 0 fully saturated rings. The third-order valence-electron chi connectivity index (χ3n) is 1.77. The van der Waals surface area contributed by atoms with Crippen molar-refractivity contribution in [1.82, 2.24) is 15.3 Å². The van der Waals surface area contributed by atoms with Crippen molar-refractivity contribution in [2.24, 2.45) is 0 Å².